The molecule has 86 valence electrons. The van der Waals surface area contributed by atoms with E-state index in [9.17, 15) is 0 Å². The van der Waals surface area contributed by atoms with Gasteiger partial charge in [-0.05, 0) is 0 Å². The first kappa shape index (κ1) is 12.5. The van der Waals surface area contributed by atoms with Crippen LogP contribution in [0.5, 0.6) is 0 Å². The van der Waals surface area contributed by atoms with Crippen LogP contribution in [0, 0.1) is 0 Å². The average molecular weight is 408 g/mol. The third-order valence-corrected chi connectivity index (χ3v) is 18.5. The average Bonchev–Trinajstić information content (AvgIpc) is 3.14. The molecule has 0 aromatic heterocycles. The molecule has 3 fully saturated rings. The van der Waals surface area contributed by atoms with Gasteiger partial charge in [0.05, 0.1) is 0 Å². The second-order valence-electron chi connectivity index (χ2n) is 3.76. The molecule has 6 heteroatoms. The van der Waals surface area contributed by atoms with E-state index < -0.39 is 0 Å². The Hall–Kier alpha value is 2.44. The molecule has 0 aromatic carbocycles. The second kappa shape index (κ2) is 6.05. The van der Waals surface area contributed by atoms with Crippen LogP contribution >= 0.6 is 47.0 Å². The first-order valence-corrected chi connectivity index (χ1v) is 13.5. The van der Waals surface area contributed by atoms with Gasteiger partial charge in [-0.1, -0.05) is 0 Å². The van der Waals surface area contributed by atoms with Crippen molar-refractivity contribution in [2.45, 2.75) is 23.0 Å². The Morgan fingerprint density at radius 3 is 2.40 bits per heavy atom. The summed E-state index contributed by atoms with van der Waals surface area (Å²) in [7, 11) is 0. The molecule has 0 saturated carbocycles. The van der Waals surface area contributed by atoms with Gasteiger partial charge in [-0.15, -0.1) is 0 Å². The van der Waals surface area contributed by atoms with E-state index >= 15 is 0 Å². The number of hydrogen-bond donors (Lipinski definition) is 0. The minimum atomic E-state index is 0.967. The maximum atomic E-state index is 2.32. The molecule has 3 saturated heterocycles. The van der Waals surface area contributed by atoms with Crippen LogP contribution in [0.15, 0.2) is 0 Å². The molecule has 0 bridgehead atoms. The zero-order valence-corrected chi connectivity index (χ0v) is 15.0. The third kappa shape index (κ3) is 4.55. The molecule has 3 rings (SSSR count). The van der Waals surface area contributed by atoms with Gasteiger partial charge in [-0.25, -0.2) is 0 Å². The predicted molar refractivity (Wildman–Crippen MR) is 81.3 cm³/mol. The van der Waals surface area contributed by atoms with Gasteiger partial charge in [0, 0.05) is 0 Å². The zero-order valence-electron chi connectivity index (χ0n) is 8.29. The minimum absolute atomic E-state index is 0.967. The second-order valence-corrected chi connectivity index (χ2v) is 17.5. The summed E-state index contributed by atoms with van der Waals surface area (Å²) in [5, 5.41) is 3.69. The summed E-state index contributed by atoms with van der Waals surface area (Å²) in [6.45, 7) is 0. The Morgan fingerprint density at radius 1 is 1.07 bits per heavy atom. The number of hydrogen-bond acceptors (Lipinski definition) is 4. The van der Waals surface area contributed by atoms with Crippen LogP contribution in [0.1, 0.15) is 0 Å². The van der Waals surface area contributed by atoms with Crippen molar-refractivity contribution in [3.8, 4) is 0 Å². The van der Waals surface area contributed by atoms with E-state index in [1.807, 2.05) is 0 Å². The fourth-order valence-corrected chi connectivity index (χ4v) is 18.1. The molecule has 0 aromatic rings. The Bertz CT molecular complexity index is 198. The van der Waals surface area contributed by atoms with E-state index in [-0.39, 0.29) is 0 Å². The standard InChI is InChI=1S/C9H14S4Se2/c1-6(10-1)3-12-8-5-14-9(15-8)13-4-7-2-11-7/h6-9H,1-5H2. The van der Waals surface area contributed by atoms with Gasteiger partial charge >= 0.3 is 123 Å². The van der Waals surface area contributed by atoms with E-state index in [1.54, 1.807) is 5.32 Å². The summed E-state index contributed by atoms with van der Waals surface area (Å²) < 4.78 is 2.23. The van der Waals surface area contributed by atoms with E-state index in [4.69, 9.17) is 0 Å². The van der Waals surface area contributed by atoms with Crippen molar-refractivity contribution in [2.75, 3.05) is 23.0 Å². The summed E-state index contributed by atoms with van der Waals surface area (Å²) in [5.74, 6) is 5.84. The van der Waals surface area contributed by atoms with Crippen LogP contribution in [0.25, 0.3) is 0 Å². The van der Waals surface area contributed by atoms with Crippen molar-refractivity contribution < 1.29 is 0 Å². The quantitative estimate of drug-likeness (QED) is 0.488. The molecule has 4 unspecified atom stereocenters. The molecular weight excluding hydrogens is 394 g/mol. The van der Waals surface area contributed by atoms with Crippen LogP contribution in [-0.2, 0) is 0 Å². The van der Waals surface area contributed by atoms with Crippen molar-refractivity contribution in [3.63, 3.8) is 0 Å². The number of rotatable bonds is 6. The maximum absolute atomic E-state index is 2.32. The molecular formula is C9H14S4Se2. The topological polar surface area (TPSA) is 0 Å². The SMILES string of the molecule is C1SC1CSC1C[Se]C(SCC2CS2)[Se]1. The summed E-state index contributed by atoms with van der Waals surface area (Å²) in [6, 6.07) is 0. The molecule has 15 heavy (non-hydrogen) atoms. The van der Waals surface area contributed by atoms with E-state index in [2.05, 4.69) is 47.0 Å². The molecule has 3 heterocycles. The number of thioether (sulfide) groups is 4. The van der Waals surface area contributed by atoms with Gasteiger partial charge in [0.1, 0.15) is 0 Å². The van der Waals surface area contributed by atoms with Gasteiger partial charge in [0.15, 0.2) is 0 Å². The van der Waals surface area contributed by atoms with Crippen LogP contribution in [0.3, 0.4) is 0 Å². The van der Waals surface area contributed by atoms with Gasteiger partial charge in [-0.2, -0.15) is 0 Å². The molecule has 0 aliphatic carbocycles. The Labute approximate surface area is 122 Å². The Kier molecular flexibility index (Phi) is 5.03. The molecule has 0 N–H and O–H groups in total. The zero-order chi connectivity index (χ0) is 10.1. The monoisotopic (exact) mass is 410 g/mol. The fourth-order valence-electron chi connectivity index (χ4n) is 1.26. The summed E-state index contributed by atoms with van der Waals surface area (Å²) in [6.07, 6.45) is 0. The van der Waals surface area contributed by atoms with Crippen molar-refractivity contribution in [2.24, 2.45) is 0 Å². The van der Waals surface area contributed by atoms with Gasteiger partial charge in [0.2, 0.25) is 0 Å². The molecule has 0 amide bonds. The molecule has 3 aliphatic heterocycles. The predicted octanol–water partition coefficient (Wildman–Crippen LogP) is 2.13. The van der Waals surface area contributed by atoms with Crippen LogP contribution in [-0.4, -0.2) is 70.6 Å². The van der Waals surface area contributed by atoms with Crippen molar-refractivity contribution in [1.82, 2.24) is 0 Å². The van der Waals surface area contributed by atoms with E-state index in [0.29, 0.717) is 0 Å². The van der Waals surface area contributed by atoms with E-state index in [1.165, 1.54) is 23.0 Å². The van der Waals surface area contributed by atoms with Crippen molar-refractivity contribution >= 4 is 77.0 Å². The third-order valence-electron chi connectivity index (χ3n) is 2.32. The summed E-state index contributed by atoms with van der Waals surface area (Å²) in [4.78, 5) is 0. The summed E-state index contributed by atoms with van der Waals surface area (Å²) >= 11 is 10.9. The van der Waals surface area contributed by atoms with Crippen molar-refractivity contribution in [1.29, 1.82) is 0 Å². The van der Waals surface area contributed by atoms with Gasteiger partial charge in [-0.3, -0.25) is 0 Å². The Balaban J connectivity index is 1.30. The molecule has 0 nitrogen and oxygen atoms in total. The van der Waals surface area contributed by atoms with Crippen LogP contribution in [0.4, 0.5) is 0 Å². The molecule has 3 aliphatic rings. The van der Waals surface area contributed by atoms with Crippen LogP contribution < -0.4 is 0 Å². The van der Waals surface area contributed by atoms with Crippen molar-refractivity contribution in [3.05, 3.63) is 0 Å². The van der Waals surface area contributed by atoms with Gasteiger partial charge < -0.3 is 0 Å². The normalized spacial score (nSPS) is 43.2. The first-order valence-electron chi connectivity index (χ1n) is 5.13. The molecule has 4 atom stereocenters. The molecule has 0 radical (unpaired) electrons. The van der Waals surface area contributed by atoms with E-state index in [0.717, 1.165) is 47.6 Å². The fraction of sp³-hybridized carbons (Fsp3) is 1.00. The molecule has 0 spiro atoms. The Morgan fingerprint density at radius 2 is 1.73 bits per heavy atom. The first-order chi connectivity index (χ1) is 7.40. The van der Waals surface area contributed by atoms with Gasteiger partial charge in [0.25, 0.3) is 0 Å². The summed E-state index contributed by atoms with van der Waals surface area (Å²) in [5.41, 5.74) is 0. The van der Waals surface area contributed by atoms with Crippen LogP contribution in [0.2, 0.25) is 5.32 Å².